The highest BCUT2D eigenvalue weighted by atomic mass is 16.2. The Hall–Kier alpha value is -2.37. The van der Waals surface area contributed by atoms with Gasteiger partial charge in [0.2, 0.25) is 0 Å². The molecule has 0 bridgehead atoms. The van der Waals surface area contributed by atoms with Crippen LogP contribution >= 0.6 is 0 Å². The van der Waals surface area contributed by atoms with Crippen LogP contribution in [0.1, 0.15) is 6.42 Å². The molecule has 6 heteroatoms. The zero-order valence-electron chi connectivity index (χ0n) is 9.10. The summed E-state index contributed by atoms with van der Waals surface area (Å²) in [6.07, 6.45) is 4.08. The van der Waals surface area contributed by atoms with Crippen molar-refractivity contribution in [1.29, 1.82) is 0 Å². The second kappa shape index (κ2) is 3.58. The molecule has 1 aliphatic rings. The van der Waals surface area contributed by atoms with Crippen molar-refractivity contribution >= 4 is 23.0 Å². The average Bonchev–Trinajstić information content (AvgIpc) is 2.75. The van der Waals surface area contributed by atoms with Gasteiger partial charge in [0.05, 0.1) is 6.20 Å². The summed E-state index contributed by atoms with van der Waals surface area (Å²) < 4.78 is 0. The third kappa shape index (κ3) is 1.63. The van der Waals surface area contributed by atoms with Crippen LogP contribution in [0.15, 0.2) is 30.7 Å². The van der Waals surface area contributed by atoms with Crippen molar-refractivity contribution in [2.45, 2.75) is 6.42 Å². The maximum Gasteiger partial charge on any atom is 0.327 e. The molecule has 0 saturated carbocycles. The molecule has 0 spiro atoms. The Balaban J connectivity index is 1.97. The summed E-state index contributed by atoms with van der Waals surface area (Å²) in [6, 6.07) is 1.62. The van der Waals surface area contributed by atoms with E-state index in [2.05, 4.69) is 26.8 Å². The Labute approximate surface area is 97.4 Å². The minimum absolute atomic E-state index is 0.203. The van der Waals surface area contributed by atoms with Crippen LogP contribution in [0.25, 0.3) is 11.2 Å². The molecule has 6 nitrogen and oxygen atoms in total. The molecule has 1 fully saturated rings. The van der Waals surface area contributed by atoms with E-state index in [0.717, 1.165) is 23.3 Å². The fraction of sp³-hybridized carbons (Fsp3) is 0.182. The van der Waals surface area contributed by atoms with Crippen LogP contribution in [0, 0.1) is 0 Å². The second-order valence-electron chi connectivity index (χ2n) is 3.88. The molecule has 2 amide bonds. The normalized spacial score (nSPS) is 16.4. The number of rotatable bonds is 1. The minimum Gasteiger partial charge on any atom is -0.345 e. The molecular weight excluding hydrogens is 218 g/mol. The standard InChI is InChI=1S/C11H11N5O/c1-7-3-5-16(11(17)14-7)9-6-13-10-8(15-9)2-4-12-10/h2,4,6H,1,3,5H2,(H,12,13)(H,14,17). The summed E-state index contributed by atoms with van der Waals surface area (Å²) >= 11 is 0. The van der Waals surface area contributed by atoms with Crippen molar-refractivity contribution in [3.63, 3.8) is 0 Å². The Morgan fingerprint density at radius 2 is 2.35 bits per heavy atom. The van der Waals surface area contributed by atoms with Crippen LogP contribution in [0.2, 0.25) is 0 Å². The molecule has 1 aliphatic heterocycles. The van der Waals surface area contributed by atoms with Gasteiger partial charge in [0, 0.05) is 24.9 Å². The summed E-state index contributed by atoms with van der Waals surface area (Å²) in [4.78, 5) is 24.9. The molecule has 0 aromatic carbocycles. The van der Waals surface area contributed by atoms with Crippen LogP contribution in [-0.2, 0) is 0 Å². The average molecular weight is 229 g/mol. The maximum absolute atomic E-state index is 11.8. The molecule has 0 atom stereocenters. The number of aromatic amines is 1. The number of carbonyl (C=O) groups excluding carboxylic acids is 1. The number of fused-ring (bicyclic) bond motifs is 1. The van der Waals surface area contributed by atoms with Crippen molar-refractivity contribution in [1.82, 2.24) is 20.3 Å². The van der Waals surface area contributed by atoms with E-state index in [4.69, 9.17) is 0 Å². The fourth-order valence-electron chi connectivity index (χ4n) is 1.80. The Bertz CT molecular complexity index is 603. The van der Waals surface area contributed by atoms with E-state index in [0.29, 0.717) is 12.4 Å². The second-order valence-corrected chi connectivity index (χ2v) is 3.88. The quantitative estimate of drug-likeness (QED) is 0.776. The minimum atomic E-state index is -0.203. The van der Waals surface area contributed by atoms with Crippen LogP contribution < -0.4 is 10.2 Å². The largest absolute Gasteiger partial charge is 0.345 e. The van der Waals surface area contributed by atoms with Crippen molar-refractivity contribution in [3.8, 4) is 0 Å². The molecular formula is C11H11N5O. The number of H-pyrrole nitrogens is 1. The van der Waals surface area contributed by atoms with Crippen LogP contribution in [0.3, 0.4) is 0 Å². The monoisotopic (exact) mass is 229 g/mol. The zero-order chi connectivity index (χ0) is 11.8. The highest BCUT2D eigenvalue weighted by Gasteiger charge is 2.22. The van der Waals surface area contributed by atoms with Gasteiger partial charge in [0.15, 0.2) is 11.5 Å². The zero-order valence-corrected chi connectivity index (χ0v) is 9.10. The lowest BCUT2D eigenvalue weighted by Crippen LogP contribution is -2.45. The van der Waals surface area contributed by atoms with E-state index in [1.54, 1.807) is 17.3 Å². The lowest BCUT2D eigenvalue weighted by atomic mass is 10.2. The fourth-order valence-corrected chi connectivity index (χ4v) is 1.80. The van der Waals surface area contributed by atoms with Crippen molar-refractivity contribution in [2.75, 3.05) is 11.4 Å². The van der Waals surface area contributed by atoms with Gasteiger partial charge >= 0.3 is 6.03 Å². The maximum atomic E-state index is 11.8. The first-order chi connectivity index (χ1) is 8.24. The first-order valence-electron chi connectivity index (χ1n) is 5.30. The van der Waals surface area contributed by atoms with Crippen LogP contribution in [0.4, 0.5) is 10.6 Å². The summed E-state index contributed by atoms with van der Waals surface area (Å²) in [7, 11) is 0. The smallest absolute Gasteiger partial charge is 0.327 e. The third-order valence-electron chi connectivity index (χ3n) is 2.69. The number of carbonyl (C=O) groups is 1. The summed E-state index contributed by atoms with van der Waals surface area (Å²) in [5.74, 6) is 0.558. The summed E-state index contributed by atoms with van der Waals surface area (Å²) in [6.45, 7) is 4.31. The Kier molecular flexibility index (Phi) is 2.07. The number of nitrogens with zero attached hydrogens (tertiary/aromatic N) is 3. The molecule has 0 unspecified atom stereocenters. The van der Waals surface area contributed by atoms with Gasteiger partial charge in [-0.15, -0.1) is 0 Å². The summed E-state index contributed by atoms with van der Waals surface area (Å²) in [5.41, 5.74) is 2.21. The number of aromatic nitrogens is 3. The topological polar surface area (TPSA) is 73.9 Å². The third-order valence-corrected chi connectivity index (χ3v) is 2.69. The van der Waals surface area contributed by atoms with Gasteiger partial charge < -0.3 is 10.3 Å². The Morgan fingerprint density at radius 3 is 3.18 bits per heavy atom. The van der Waals surface area contributed by atoms with Crippen molar-refractivity contribution in [3.05, 3.63) is 30.7 Å². The first kappa shape index (κ1) is 9.83. The first-order valence-corrected chi connectivity index (χ1v) is 5.30. The van der Waals surface area contributed by atoms with E-state index in [1.807, 2.05) is 6.07 Å². The number of nitrogens with one attached hydrogen (secondary N) is 2. The number of urea groups is 1. The van der Waals surface area contributed by atoms with E-state index in [9.17, 15) is 4.79 Å². The summed E-state index contributed by atoms with van der Waals surface area (Å²) in [5, 5.41) is 2.69. The van der Waals surface area contributed by atoms with Gasteiger partial charge in [0.1, 0.15) is 5.52 Å². The van der Waals surface area contributed by atoms with Gasteiger partial charge in [-0.1, -0.05) is 6.58 Å². The van der Waals surface area contributed by atoms with Crippen molar-refractivity contribution in [2.24, 2.45) is 0 Å². The molecule has 2 aromatic rings. The van der Waals surface area contributed by atoms with E-state index in [1.165, 1.54) is 0 Å². The number of hydrogen-bond acceptors (Lipinski definition) is 3. The SMILES string of the molecule is C=C1CCN(c2cnc3[nH]ccc3n2)C(=O)N1. The number of amides is 2. The van der Waals surface area contributed by atoms with E-state index < -0.39 is 0 Å². The van der Waals surface area contributed by atoms with Gasteiger partial charge in [-0.3, -0.25) is 4.90 Å². The number of anilines is 1. The predicted octanol–water partition coefficient (Wildman–Crippen LogP) is 1.39. The number of hydrogen-bond donors (Lipinski definition) is 2. The Morgan fingerprint density at radius 1 is 1.47 bits per heavy atom. The predicted molar refractivity (Wildman–Crippen MR) is 63.5 cm³/mol. The van der Waals surface area contributed by atoms with Gasteiger partial charge in [-0.2, -0.15) is 0 Å². The van der Waals surface area contributed by atoms with Crippen LogP contribution in [-0.4, -0.2) is 27.5 Å². The van der Waals surface area contributed by atoms with Crippen molar-refractivity contribution < 1.29 is 4.79 Å². The lowest BCUT2D eigenvalue weighted by Gasteiger charge is -2.27. The molecule has 2 aromatic heterocycles. The van der Waals surface area contributed by atoms with Crippen LogP contribution in [0.5, 0.6) is 0 Å². The lowest BCUT2D eigenvalue weighted by molar-refractivity contribution is 0.246. The van der Waals surface area contributed by atoms with Gasteiger partial charge in [-0.25, -0.2) is 14.8 Å². The van der Waals surface area contributed by atoms with Gasteiger partial charge in [0.25, 0.3) is 0 Å². The molecule has 0 radical (unpaired) electrons. The highest BCUT2D eigenvalue weighted by Crippen LogP contribution is 2.18. The highest BCUT2D eigenvalue weighted by molar-refractivity contribution is 5.93. The van der Waals surface area contributed by atoms with E-state index in [-0.39, 0.29) is 6.03 Å². The molecule has 86 valence electrons. The molecule has 3 heterocycles. The molecule has 1 saturated heterocycles. The molecule has 3 rings (SSSR count). The molecule has 2 N–H and O–H groups in total. The molecule has 0 aliphatic carbocycles. The molecule has 17 heavy (non-hydrogen) atoms. The van der Waals surface area contributed by atoms with E-state index >= 15 is 0 Å². The van der Waals surface area contributed by atoms with Gasteiger partial charge in [-0.05, 0) is 6.07 Å².